The number of rotatable bonds is 4. The summed E-state index contributed by atoms with van der Waals surface area (Å²) in [6.45, 7) is 3.30. The van der Waals surface area contributed by atoms with Gasteiger partial charge in [0.2, 0.25) is 0 Å². The average molecular weight is 351 g/mol. The molecule has 1 aliphatic rings. The molecule has 2 nitrogen and oxygen atoms in total. The molecule has 4 heteroatoms. The Kier molecular flexibility index (Phi) is 4.63. The molecule has 0 bridgehead atoms. The van der Waals surface area contributed by atoms with Crippen molar-refractivity contribution < 1.29 is 0 Å². The van der Waals surface area contributed by atoms with Crippen LogP contribution >= 0.6 is 27.3 Å². The molecule has 106 valence electrons. The summed E-state index contributed by atoms with van der Waals surface area (Å²) in [6.07, 6.45) is 4.03. The predicted octanol–water partition coefficient (Wildman–Crippen LogP) is 5.11. The van der Waals surface area contributed by atoms with E-state index < -0.39 is 0 Å². The zero-order chi connectivity index (χ0) is 13.8. The van der Waals surface area contributed by atoms with Crippen LogP contribution in [0.1, 0.15) is 24.1 Å². The minimum absolute atomic E-state index is 0.888. The highest BCUT2D eigenvalue weighted by Gasteiger charge is 2.10. The van der Waals surface area contributed by atoms with Gasteiger partial charge in [-0.25, -0.2) is 0 Å². The second-order valence-corrected chi connectivity index (χ2v) is 7.09. The minimum atomic E-state index is 0.888. The first-order valence-electron chi connectivity index (χ1n) is 7.13. The molecule has 1 fully saturated rings. The fourth-order valence-corrected chi connectivity index (χ4v) is 3.97. The van der Waals surface area contributed by atoms with Crippen molar-refractivity contribution in [3.63, 3.8) is 0 Å². The fourth-order valence-electron chi connectivity index (χ4n) is 2.58. The van der Waals surface area contributed by atoms with E-state index in [2.05, 4.69) is 61.9 Å². The molecule has 0 radical (unpaired) electrons. The molecule has 0 amide bonds. The smallest absolute Gasteiger partial charge is 0.0494 e. The molecule has 1 aromatic carbocycles. The first-order chi connectivity index (χ1) is 9.81. The zero-order valence-corrected chi connectivity index (χ0v) is 13.8. The molecular weight excluding hydrogens is 332 g/mol. The van der Waals surface area contributed by atoms with Crippen LogP contribution in [-0.2, 0) is 6.54 Å². The number of hydrogen-bond acceptors (Lipinski definition) is 3. The van der Waals surface area contributed by atoms with E-state index >= 15 is 0 Å². The number of anilines is 2. The SMILES string of the molecule is Brc1csc(CNc2ccc(N3CCCCC3)cc2)c1. The van der Waals surface area contributed by atoms with Crippen LogP contribution in [0, 0.1) is 0 Å². The van der Waals surface area contributed by atoms with E-state index in [-0.39, 0.29) is 0 Å². The summed E-state index contributed by atoms with van der Waals surface area (Å²) in [7, 11) is 0. The monoisotopic (exact) mass is 350 g/mol. The highest BCUT2D eigenvalue weighted by molar-refractivity contribution is 9.10. The summed E-state index contributed by atoms with van der Waals surface area (Å²) in [6, 6.07) is 11.0. The second-order valence-electron chi connectivity index (χ2n) is 5.18. The largest absolute Gasteiger partial charge is 0.380 e. The Labute approximate surface area is 132 Å². The van der Waals surface area contributed by atoms with Crippen LogP contribution in [0.15, 0.2) is 40.2 Å². The molecule has 0 unspecified atom stereocenters. The van der Waals surface area contributed by atoms with Crippen LogP contribution in [0.3, 0.4) is 0 Å². The van der Waals surface area contributed by atoms with Gasteiger partial charge in [0, 0.05) is 45.7 Å². The van der Waals surface area contributed by atoms with Gasteiger partial charge in [0.05, 0.1) is 0 Å². The third kappa shape index (κ3) is 3.55. The maximum atomic E-state index is 3.49. The summed E-state index contributed by atoms with van der Waals surface area (Å²) >= 11 is 5.27. The first-order valence-corrected chi connectivity index (χ1v) is 8.80. The Bertz CT molecular complexity index is 544. The maximum Gasteiger partial charge on any atom is 0.0494 e. The van der Waals surface area contributed by atoms with Gasteiger partial charge >= 0.3 is 0 Å². The van der Waals surface area contributed by atoms with Gasteiger partial charge in [-0.15, -0.1) is 11.3 Å². The molecule has 0 aliphatic carbocycles. The van der Waals surface area contributed by atoms with E-state index in [1.54, 1.807) is 11.3 Å². The molecule has 3 rings (SSSR count). The first kappa shape index (κ1) is 14.0. The highest BCUT2D eigenvalue weighted by Crippen LogP contribution is 2.23. The van der Waals surface area contributed by atoms with Crippen LogP contribution in [0.5, 0.6) is 0 Å². The molecule has 2 aromatic rings. The maximum absolute atomic E-state index is 3.49. The lowest BCUT2D eigenvalue weighted by Gasteiger charge is -2.28. The summed E-state index contributed by atoms with van der Waals surface area (Å²) in [5, 5.41) is 5.60. The van der Waals surface area contributed by atoms with Gasteiger partial charge in [-0.3, -0.25) is 0 Å². The lowest BCUT2D eigenvalue weighted by Crippen LogP contribution is -2.29. The Balaban J connectivity index is 1.58. The lowest BCUT2D eigenvalue weighted by atomic mass is 10.1. The molecule has 1 aromatic heterocycles. The van der Waals surface area contributed by atoms with E-state index in [4.69, 9.17) is 0 Å². The van der Waals surface area contributed by atoms with Gasteiger partial charge in [0.25, 0.3) is 0 Å². The number of hydrogen-bond donors (Lipinski definition) is 1. The standard InChI is InChI=1S/C16H19BrN2S/c17-13-10-16(20-12-13)11-18-14-4-6-15(7-5-14)19-8-2-1-3-9-19/h4-7,10,12,18H,1-3,8-9,11H2. The normalized spacial score (nSPS) is 15.3. The van der Waals surface area contributed by atoms with Crippen LogP contribution in [0.2, 0.25) is 0 Å². The van der Waals surface area contributed by atoms with E-state index in [9.17, 15) is 0 Å². The minimum Gasteiger partial charge on any atom is -0.380 e. The Morgan fingerprint density at radius 3 is 2.50 bits per heavy atom. The van der Waals surface area contributed by atoms with Gasteiger partial charge in [0.15, 0.2) is 0 Å². The van der Waals surface area contributed by atoms with Crippen LogP contribution in [0.4, 0.5) is 11.4 Å². The number of benzene rings is 1. The Hall–Kier alpha value is -1.00. The van der Waals surface area contributed by atoms with Crippen LogP contribution in [0.25, 0.3) is 0 Å². The summed E-state index contributed by atoms with van der Waals surface area (Å²) in [5.41, 5.74) is 2.55. The lowest BCUT2D eigenvalue weighted by molar-refractivity contribution is 0.578. The number of piperidine rings is 1. The van der Waals surface area contributed by atoms with Crippen LogP contribution in [-0.4, -0.2) is 13.1 Å². The molecular formula is C16H19BrN2S. The van der Waals surface area contributed by atoms with Crippen molar-refractivity contribution in [2.75, 3.05) is 23.3 Å². The van der Waals surface area contributed by atoms with Crippen LogP contribution < -0.4 is 10.2 Å². The average Bonchev–Trinajstić information content (AvgIpc) is 2.92. The van der Waals surface area contributed by atoms with Crippen molar-refractivity contribution in [3.05, 3.63) is 45.1 Å². The predicted molar refractivity (Wildman–Crippen MR) is 91.9 cm³/mol. The topological polar surface area (TPSA) is 15.3 Å². The van der Waals surface area contributed by atoms with Crippen molar-refractivity contribution in [2.45, 2.75) is 25.8 Å². The Morgan fingerprint density at radius 2 is 1.85 bits per heavy atom. The van der Waals surface area contributed by atoms with Crippen molar-refractivity contribution in [3.8, 4) is 0 Å². The zero-order valence-electron chi connectivity index (χ0n) is 11.4. The van der Waals surface area contributed by atoms with Crippen molar-refractivity contribution >= 4 is 38.6 Å². The number of nitrogens with one attached hydrogen (secondary N) is 1. The van der Waals surface area contributed by atoms with Gasteiger partial charge in [-0.2, -0.15) is 0 Å². The van der Waals surface area contributed by atoms with Gasteiger partial charge in [-0.05, 0) is 65.5 Å². The van der Waals surface area contributed by atoms with Gasteiger partial charge < -0.3 is 10.2 Å². The highest BCUT2D eigenvalue weighted by atomic mass is 79.9. The second kappa shape index (κ2) is 6.64. The molecule has 0 saturated carbocycles. The van der Waals surface area contributed by atoms with E-state index in [0.717, 1.165) is 6.54 Å². The molecule has 0 spiro atoms. The van der Waals surface area contributed by atoms with E-state index in [0.29, 0.717) is 0 Å². The van der Waals surface area contributed by atoms with Crippen molar-refractivity contribution in [2.24, 2.45) is 0 Å². The van der Waals surface area contributed by atoms with Gasteiger partial charge in [-0.1, -0.05) is 0 Å². The van der Waals surface area contributed by atoms with Crippen molar-refractivity contribution in [1.29, 1.82) is 0 Å². The molecule has 0 atom stereocenters. The number of nitrogens with zero attached hydrogens (tertiary/aromatic N) is 1. The Morgan fingerprint density at radius 1 is 1.10 bits per heavy atom. The summed E-state index contributed by atoms with van der Waals surface area (Å²) in [4.78, 5) is 3.83. The third-order valence-corrected chi connectivity index (χ3v) is 5.37. The number of halogens is 1. The third-order valence-electron chi connectivity index (χ3n) is 3.68. The molecule has 1 saturated heterocycles. The summed E-state index contributed by atoms with van der Waals surface area (Å²) < 4.78 is 1.17. The van der Waals surface area contributed by atoms with E-state index in [1.165, 1.54) is 53.1 Å². The van der Waals surface area contributed by atoms with Crippen molar-refractivity contribution in [1.82, 2.24) is 0 Å². The molecule has 1 N–H and O–H groups in total. The van der Waals surface area contributed by atoms with Gasteiger partial charge in [0.1, 0.15) is 0 Å². The molecule has 20 heavy (non-hydrogen) atoms. The molecule has 1 aliphatic heterocycles. The number of thiophene rings is 1. The fraction of sp³-hybridized carbons (Fsp3) is 0.375. The molecule has 2 heterocycles. The quantitative estimate of drug-likeness (QED) is 0.823. The summed E-state index contributed by atoms with van der Waals surface area (Å²) in [5.74, 6) is 0. The van der Waals surface area contributed by atoms with E-state index in [1.807, 2.05) is 0 Å².